The summed E-state index contributed by atoms with van der Waals surface area (Å²) < 4.78 is 0. The van der Waals surface area contributed by atoms with E-state index in [1.54, 1.807) is 6.92 Å². The van der Waals surface area contributed by atoms with Crippen LogP contribution in [0.5, 0.6) is 0 Å². The number of non-ortho nitro benzene ring substituents is 1. The average Bonchev–Trinajstić information content (AvgIpc) is 2.29. The summed E-state index contributed by atoms with van der Waals surface area (Å²) in [5.74, 6) is 0. The van der Waals surface area contributed by atoms with Crippen LogP contribution in [0.2, 0.25) is 5.02 Å². The lowest BCUT2D eigenvalue weighted by molar-refractivity contribution is -0.385. The van der Waals surface area contributed by atoms with Crippen LogP contribution in [0.3, 0.4) is 0 Å². The van der Waals surface area contributed by atoms with E-state index in [9.17, 15) is 10.1 Å². The van der Waals surface area contributed by atoms with Crippen LogP contribution in [0, 0.1) is 23.1 Å². The minimum absolute atomic E-state index is 0.104. The molecule has 85 valence electrons. The Morgan fingerprint density at radius 1 is 1.29 bits per heavy atom. The molecule has 0 saturated carbocycles. The fraction of sp³-hybridized carbons (Fsp3) is 0.0769. The number of benzene rings is 2. The highest BCUT2D eigenvalue weighted by Gasteiger charge is 2.14. The van der Waals surface area contributed by atoms with Gasteiger partial charge in [-0.3, -0.25) is 10.1 Å². The maximum atomic E-state index is 10.7. The van der Waals surface area contributed by atoms with Gasteiger partial charge in [0.05, 0.1) is 16.0 Å². The first kappa shape index (κ1) is 11.6. The molecule has 2 rings (SSSR count). The summed E-state index contributed by atoms with van der Waals surface area (Å²) in [6.45, 7) is 1.80. The number of nitrogens with zero attached hydrogens (tertiary/aromatic N) is 1. The minimum Gasteiger partial charge on any atom is -0.258 e. The van der Waals surface area contributed by atoms with Gasteiger partial charge >= 0.3 is 0 Å². The summed E-state index contributed by atoms with van der Waals surface area (Å²) >= 11 is 6.05. The first-order valence-electron chi connectivity index (χ1n) is 5.02. The van der Waals surface area contributed by atoms with Gasteiger partial charge in [0, 0.05) is 11.6 Å². The molecule has 0 N–H and O–H groups in total. The molecule has 4 heteroatoms. The Hall–Kier alpha value is -1.87. The average molecular weight is 247 g/mol. The summed E-state index contributed by atoms with van der Waals surface area (Å²) in [4.78, 5) is 10.2. The summed E-state index contributed by atoms with van der Waals surface area (Å²) in [5.41, 5.74) is 2.39. The molecule has 0 atom stereocenters. The zero-order valence-corrected chi connectivity index (χ0v) is 9.86. The first-order valence-corrected chi connectivity index (χ1v) is 5.39. The van der Waals surface area contributed by atoms with Gasteiger partial charge in [-0.15, -0.1) is 0 Å². The van der Waals surface area contributed by atoms with E-state index in [0.29, 0.717) is 0 Å². The van der Waals surface area contributed by atoms with Gasteiger partial charge < -0.3 is 0 Å². The van der Waals surface area contributed by atoms with Crippen molar-refractivity contribution in [3.8, 4) is 11.1 Å². The van der Waals surface area contributed by atoms with E-state index in [2.05, 4.69) is 6.07 Å². The molecule has 0 aliphatic carbocycles. The van der Waals surface area contributed by atoms with E-state index in [0.717, 1.165) is 16.7 Å². The van der Waals surface area contributed by atoms with Gasteiger partial charge in [0.25, 0.3) is 5.69 Å². The number of nitro benzene ring substituents is 1. The second-order valence-corrected chi connectivity index (χ2v) is 4.03. The largest absolute Gasteiger partial charge is 0.279 e. The summed E-state index contributed by atoms with van der Waals surface area (Å²) in [6.07, 6.45) is 0. The van der Waals surface area contributed by atoms with Crippen molar-refractivity contribution in [3.63, 3.8) is 0 Å². The van der Waals surface area contributed by atoms with E-state index in [1.165, 1.54) is 6.07 Å². The number of halogens is 1. The second-order valence-electron chi connectivity index (χ2n) is 3.65. The van der Waals surface area contributed by atoms with E-state index >= 15 is 0 Å². The lowest BCUT2D eigenvalue weighted by atomic mass is 10.00. The minimum atomic E-state index is -0.492. The molecular weight excluding hydrogens is 238 g/mol. The predicted molar refractivity (Wildman–Crippen MR) is 67.1 cm³/mol. The molecule has 0 aromatic heterocycles. The molecule has 0 unspecified atom stereocenters. The second kappa shape index (κ2) is 4.55. The molecule has 0 aliphatic rings. The van der Waals surface area contributed by atoms with Gasteiger partial charge in [-0.2, -0.15) is 0 Å². The third kappa shape index (κ3) is 2.29. The van der Waals surface area contributed by atoms with Crippen molar-refractivity contribution in [2.75, 3.05) is 0 Å². The van der Waals surface area contributed by atoms with Crippen LogP contribution in [-0.2, 0) is 0 Å². The molecule has 1 radical (unpaired) electrons. The highest BCUT2D eigenvalue weighted by atomic mass is 35.5. The van der Waals surface area contributed by atoms with Crippen LogP contribution in [0.1, 0.15) is 5.56 Å². The Balaban J connectivity index is 2.61. The molecule has 0 saturated heterocycles. The summed E-state index contributed by atoms with van der Waals surface area (Å²) in [7, 11) is 0. The molecule has 0 aliphatic heterocycles. The molecule has 0 bridgehead atoms. The highest BCUT2D eigenvalue weighted by molar-refractivity contribution is 6.33. The maximum Gasteiger partial charge on any atom is 0.279 e. The van der Waals surface area contributed by atoms with Gasteiger partial charge in [0.2, 0.25) is 0 Å². The van der Waals surface area contributed by atoms with Crippen LogP contribution in [0.25, 0.3) is 11.1 Å². The Morgan fingerprint density at radius 2 is 1.94 bits per heavy atom. The molecule has 0 amide bonds. The Morgan fingerprint density at radius 3 is 2.47 bits per heavy atom. The molecule has 0 fully saturated rings. The number of nitro groups is 1. The maximum absolute atomic E-state index is 10.7. The van der Waals surface area contributed by atoms with Gasteiger partial charge in [-0.05, 0) is 18.1 Å². The van der Waals surface area contributed by atoms with Crippen LogP contribution in [0.15, 0.2) is 36.4 Å². The zero-order chi connectivity index (χ0) is 12.4. The van der Waals surface area contributed by atoms with E-state index in [1.807, 2.05) is 30.3 Å². The van der Waals surface area contributed by atoms with Crippen molar-refractivity contribution in [1.29, 1.82) is 0 Å². The van der Waals surface area contributed by atoms with Gasteiger partial charge in [0.1, 0.15) is 0 Å². The van der Waals surface area contributed by atoms with E-state index < -0.39 is 4.92 Å². The molecule has 2 aromatic carbocycles. The van der Waals surface area contributed by atoms with Crippen molar-refractivity contribution >= 4 is 17.3 Å². The summed E-state index contributed by atoms with van der Waals surface area (Å²) in [5, 5.41) is 10.9. The number of hydrogen-bond donors (Lipinski definition) is 0. The molecule has 17 heavy (non-hydrogen) atoms. The lowest BCUT2D eigenvalue weighted by Gasteiger charge is -2.07. The van der Waals surface area contributed by atoms with Crippen LogP contribution < -0.4 is 0 Å². The van der Waals surface area contributed by atoms with Crippen molar-refractivity contribution < 1.29 is 4.92 Å². The van der Waals surface area contributed by atoms with Crippen LogP contribution >= 0.6 is 11.6 Å². The standard InChI is InChI=1S/C13H9ClNO2/c1-9-7-11(15(16)17)8-12(14)13(9)10-5-3-2-4-6-10/h2-7H,1H3. The topological polar surface area (TPSA) is 43.1 Å². The van der Waals surface area contributed by atoms with Crippen LogP contribution in [0.4, 0.5) is 5.69 Å². The fourth-order valence-corrected chi connectivity index (χ4v) is 2.07. The Kier molecular flexibility index (Phi) is 3.11. The monoisotopic (exact) mass is 246 g/mol. The third-order valence-corrected chi connectivity index (χ3v) is 2.75. The number of rotatable bonds is 2. The Bertz CT molecular complexity index is 544. The van der Waals surface area contributed by atoms with E-state index in [-0.39, 0.29) is 10.7 Å². The quantitative estimate of drug-likeness (QED) is 0.593. The van der Waals surface area contributed by atoms with Crippen molar-refractivity contribution in [1.82, 2.24) is 0 Å². The number of aryl methyl sites for hydroxylation is 1. The fourth-order valence-electron chi connectivity index (χ4n) is 1.72. The Labute approximate surface area is 104 Å². The molecule has 2 aromatic rings. The molecular formula is C13H9ClNO2. The van der Waals surface area contributed by atoms with Gasteiger partial charge in [0.15, 0.2) is 0 Å². The van der Waals surface area contributed by atoms with Crippen molar-refractivity contribution in [3.05, 3.63) is 63.2 Å². The lowest BCUT2D eigenvalue weighted by Crippen LogP contribution is -1.92. The number of hydrogen-bond acceptors (Lipinski definition) is 2. The molecule has 0 heterocycles. The SMILES string of the molecule is Cc1cc([N+](=O)[O-])[c]c(Cl)c1-c1ccccc1. The highest BCUT2D eigenvalue weighted by Crippen LogP contribution is 2.33. The van der Waals surface area contributed by atoms with Crippen molar-refractivity contribution in [2.24, 2.45) is 0 Å². The zero-order valence-electron chi connectivity index (χ0n) is 9.11. The van der Waals surface area contributed by atoms with Crippen molar-refractivity contribution in [2.45, 2.75) is 6.92 Å². The summed E-state index contributed by atoms with van der Waals surface area (Å²) in [6, 6.07) is 13.6. The normalized spacial score (nSPS) is 10.2. The van der Waals surface area contributed by atoms with Crippen LogP contribution in [-0.4, -0.2) is 4.92 Å². The first-order chi connectivity index (χ1) is 8.09. The predicted octanol–water partition coefficient (Wildman–Crippen LogP) is 4.02. The third-order valence-electron chi connectivity index (χ3n) is 2.46. The molecule has 3 nitrogen and oxygen atoms in total. The van der Waals surface area contributed by atoms with Gasteiger partial charge in [-0.25, -0.2) is 0 Å². The van der Waals surface area contributed by atoms with E-state index in [4.69, 9.17) is 11.6 Å². The van der Waals surface area contributed by atoms with Gasteiger partial charge in [-0.1, -0.05) is 41.9 Å². The molecule has 0 spiro atoms. The smallest absolute Gasteiger partial charge is 0.258 e.